The molecule has 0 bridgehead atoms. The monoisotopic (exact) mass is 388 g/mol. The van der Waals surface area contributed by atoms with Gasteiger partial charge in [-0.15, -0.1) is 0 Å². The molecule has 5 nitrogen and oxygen atoms in total. The van der Waals surface area contributed by atoms with Crippen LogP contribution in [-0.2, 0) is 0 Å². The summed E-state index contributed by atoms with van der Waals surface area (Å²) in [6.07, 6.45) is 3.66. The van der Waals surface area contributed by atoms with Gasteiger partial charge in [-0.05, 0) is 52.5 Å². The maximum absolute atomic E-state index is 12.2. The van der Waals surface area contributed by atoms with Crippen molar-refractivity contribution in [3.63, 3.8) is 0 Å². The standard InChI is InChI=1S/C16H13BrN4OS/c1-23-16(19-10-18)20-12-7-8-14(13(17)9-12)21-15(22)11-5-3-2-4-6-11/h2-9H,1H3,(H,19,20)(H,21,22). The fourth-order valence-electron chi connectivity index (χ4n) is 1.75. The van der Waals surface area contributed by atoms with Gasteiger partial charge in [0.1, 0.15) is 0 Å². The highest BCUT2D eigenvalue weighted by atomic mass is 79.9. The Hall–Kier alpha value is -2.30. The minimum absolute atomic E-state index is 0.182. The van der Waals surface area contributed by atoms with Crippen LogP contribution in [0.25, 0.3) is 0 Å². The number of amides is 1. The zero-order valence-electron chi connectivity index (χ0n) is 12.2. The molecule has 2 aromatic carbocycles. The molecule has 116 valence electrons. The third-order valence-electron chi connectivity index (χ3n) is 2.82. The molecule has 0 unspecified atom stereocenters. The molecule has 0 radical (unpaired) electrons. The van der Waals surface area contributed by atoms with Crippen molar-refractivity contribution >= 4 is 50.1 Å². The van der Waals surface area contributed by atoms with Crippen molar-refractivity contribution in [2.45, 2.75) is 0 Å². The lowest BCUT2D eigenvalue weighted by atomic mass is 10.2. The number of thioether (sulfide) groups is 1. The summed E-state index contributed by atoms with van der Waals surface area (Å²) in [5, 5.41) is 14.5. The van der Waals surface area contributed by atoms with E-state index >= 15 is 0 Å². The number of nitriles is 1. The summed E-state index contributed by atoms with van der Waals surface area (Å²) in [7, 11) is 0. The summed E-state index contributed by atoms with van der Waals surface area (Å²) < 4.78 is 0.709. The second-order valence-electron chi connectivity index (χ2n) is 4.34. The van der Waals surface area contributed by atoms with Gasteiger partial charge in [0.15, 0.2) is 11.4 Å². The molecule has 0 saturated carbocycles. The van der Waals surface area contributed by atoms with Crippen LogP contribution in [0.15, 0.2) is 58.0 Å². The average Bonchev–Trinajstić information content (AvgIpc) is 2.57. The van der Waals surface area contributed by atoms with Crippen molar-refractivity contribution in [2.24, 2.45) is 4.99 Å². The van der Waals surface area contributed by atoms with E-state index in [0.29, 0.717) is 26.6 Å². The number of hydrogen-bond acceptors (Lipinski definition) is 4. The van der Waals surface area contributed by atoms with Crippen molar-refractivity contribution in [1.29, 1.82) is 5.26 Å². The number of benzene rings is 2. The summed E-state index contributed by atoms with van der Waals surface area (Å²) in [5.41, 5.74) is 1.91. The molecule has 0 atom stereocenters. The number of hydrogen-bond donors (Lipinski definition) is 2. The number of aliphatic imine (C=N–C) groups is 1. The highest BCUT2D eigenvalue weighted by molar-refractivity contribution is 9.10. The van der Waals surface area contributed by atoms with E-state index in [9.17, 15) is 4.79 Å². The highest BCUT2D eigenvalue weighted by Crippen LogP contribution is 2.28. The Morgan fingerprint density at radius 2 is 2.00 bits per heavy atom. The lowest BCUT2D eigenvalue weighted by molar-refractivity contribution is 0.102. The molecule has 0 aliphatic heterocycles. The van der Waals surface area contributed by atoms with E-state index < -0.39 is 0 Å². The highest BCUT2D eigenvalue weighted by Gasteiger charge is 2.08. The molecule has 0 fully saturated rings. The SMILES string of the molecule is CSC(=Nc1ccc(NC(=O)c2ccccc2)c(Br)c1)NC#N. The van der Waals surface area contributed by atoms with Crippen molar-refractivity contribution in [3.05, 3.63) is 58.6 Å². The third-order valence-corrected chi connectivity index (χ3v) is 4.06. The Bertz CT molecular complexity index is 771. The fourth-order valence-corrected chi connectivity index (χ4v) is 2.56. The van der Waals surface area contributed by atoms with Gasteiger partial charge < -0.3 is 5.32 Å². The molecular weight excluding hydrogens is 376 g/mol. The normalized spacial score (nSPS) is 10.7. The minimum atomic E-state index is -0.182. The van der Waals surface area contributed by atoms with Gasteiger partial charge in [-0.2, -0.15) is 5.26 Å². The second kappa shape index (κ2) is 8.36. The maximum Gasteiger partial charge on any atom is 0.255 e. The van der Waals surface area contributed by atoms with Crippen LogP contribution in [0.1, 0.15) is 10.4 Å². The van der Waals surface area contributed by atoms with E-state index in [1.165, 1.54) is 11.8 Å². The third kappa shape index (κ3) is 4.84. The van der Waals surface area contributed by atoms with Crippen LogP contribution in [0.3, 0.4) is 0 Å². The van der Waals surface area contributed by atoms with Crippen molar-refractivity contribution in [3.8, 4) is 6.19 Å². The van der Waals surface area contributed by atoms with Gasteiger partial charge in [0.05, 0.1) is 11.4 Å². The maximum atomic E-state index is 12.2. The van der Waals surface area contributed by atoms with Crippen LogP contribution in [0, 0.1) is 11.5 Å². The topological polar surface area (TPSA) is 77.3 Å². The first kappa shape index (κ1) is 17.1. The molecule has 0 spiro atoms. The Labute approximate surface area is 146 Å². The van der Waals surface area contributed by atoms with Crippen LogP contribution in [-0.4, -0.2) is 17.3 Å². The summed E-state index contributed by atoms with van der Waals surface area (Å²) in [6.45, 7) is 0. The van der Waals surface area contributed by atoms with Crippen molar-refractivity contribution in [1.82, 2.24) is 5.32 Å². The van der Waals surface area contributed by atoms with Crippen LogP contribution in [0.5, 0.6) is 0 Å². The second-order valence-corrected chi connectivity index (χ2v) is 5.99. The lowest BCUT2D eigenvalue weighted by Gasteiger charge is -2.08. The molecular formula is C16H13BrN4OS. The quantitative estimate of drug-likeness (QED) is 0.358. The molecule has 0 saturated heterocycles. The molecule has 23 heavy (non-hydrogen) atoms. The van der Waals surface area contributed by atoms with Crippen LogP contribution in [0.4, 0.5) is 11.4 Å². The Morgan fingerprint density at radius 3 is 2.61 bits per heavy atom. The summed E-state index contributed by atoms with van der Waals surface area (Å²) in [6, 6.07) is 14.3. The first-order valence-corrected chi connectivity index (χ1v) is 8.59. The largest absolute Gasteiger partial charge is 0.321 e. The van der Waals surface area contributed by atoms with E-state index in [4.69, 9.17) is 5.26 Å². The first-order valence-electron chi connectivity index (χ1n) is 6.58. The van der Waals surface area contributed by atoms with Gasteiger partial charge in [-0.1, -0.05) is 30.0 Å². The van der Waals surface area contributed by atoms with E-state index in [-0.39, 0.29) is 5.91 Å². The lowest BCUT2D eigenvalue weighted by Crippen LogP contribution is -2.13. The molecule has 0 aliphatic rings. The predicted octanol–water partition coefficient (Wildman–Crippen LogP) is 4.12. The Morgan fingerprint density at radius 1 is 1.26 bits per heavy atom. The van der Waals surface area contributed by atoms with Crippen molar-refractivity contribution in [2.75, 3.05) is 11.6 Å². The number of carbonyl (C=O) groups excluding carboxylic acids is 1. The fraction of sp³-hybridized carbons (Fsp3) is 0.0625. The zero-order chi connectivity index (χ0) is 16.7. The number of carbonyl (C=O) groups is 1. The molecule has 7 heteroatoms. The average molecular weight is 389 g/mol. The molecule has 0 aromatic heterocycles. The number of nitrogens with one attached hydrogen (secondary N) is 2. The molecule has 0 aliphatic carbocycles. The summed E-state index contributed by atoms with van der Waals surface area (Å²) in [4.78, 5) is 16.5. The van der Waals surface area contributed by atoms with E-state index in [1.54, 1.807) is 30.3 Å². The Balaban J connectivity index is 2.17. The van der Waals surface area contributed by atoms with Gasteiger partial charge in [0.2, 0.25) is 0 Å². The smallest absolute Gasteiger partial charge is 0.255 e. The van der Waals surface area contributed by atoms with Crippen LogP contribution in [0.2, 0.25) is 0 Å². The predicted molar refractivity (Wildman–Crippen MR) is 97.9 cm³/mol. The molecule has 0 heterocycles. The molecule has 2 rings (SSSR count). The number of anilines is 1. The molecule has 2 N–H and O–H groups in total. The Kier molecular flexibility index (Phi) is 6.20. The molecule has 1 amide bonds. The number of halogens is 1. The number of rotatable bonds is 3. The number of nitrogens with zero attached hydrogens (tertiary/aromatic N) is 2. The van der Waals surface area contributed by atoms with E-state index in [0.717, 1.165) is 0 Å². The first-order chi connectivity index (χ1) is 11.1. The van der Waals surface area contributed by atoms with Gasteiger partial charge in [-0.25, -0.2) is 4.99 Å². The van der Waals surface area contributed by atoms with E-state index in [1.807, 2.05) is 30.6 Å². The van der Waals surface area contributed by atoms with Crippen LogP contribution < -0.4 is 10.6 Å². The van der Waals surface area contributed by atoms with Crippen LogP contribution >= 0.6 is 27.7 Å². The van der Waals surface area contributed by atoms with Crippen molar-refractivity contribution < 1.29 is 4.79 Å². The number of amidine groups is 1. The summed E-state index contributed by atoms with van der Waals surface area (Å²) >= 11 is 4.76. The minimum Gasteiger partial charge on any atom is -0.321 e. The van der Waals surface area contributed by atoms with E-state index in [2.05, 4.69) is 31.6 Å². The zero-order valence-corrected chi connectivity index (χ0v) is 14.6. The van der Waals surface area contributed by atoms with Gasteiger partial charge in [0, 0.05) is 10.0 Å². The summed E-state index contributed by atoms with van der Waals surface area (Å²) in [5.74, 6) is -0.182. The van der Waals surface area contributed by atoms with Gasteiger partial charge >= 0.3 is 0 Å². The molecule has 2 aromatic rings. The van der Waals surface area contributed by atoms with Gasteiger partial charge in [-0.3, -0.25) is 10.1 Å². The van der Waals surface area contributed by atoms with Gasteiger partial charge in [0.25, 0.3) is 5.91 Å².